The van der Waals surface area contributed by atoms with Crippen LogP contribution in [-0.4, -0.2) is 9.13 Å². The lowest BCUT2D eigenvalue weighted by Crippen LogP contribution is -2.09. The van der Waals surface area contributed by atoms with Gasteiger partial charge in [0, 0.05) is 63.6 Å². The van der Waals surface area contributed by atoms with Gasteiger partial charge in [-0.2, -0.15) is 5.26 Å². The quantitative estimate of drug-likeness (QED) is 0.159. The maximum atomic E-state index is 12.0. The molecule has 1 saturated carbocycles. The van der Waals surface area contributed by atoms with Crippen molar-refractivity contribution in [1.82, 2.24) is 9.13 Å². The van der Waals surface area contributed by atoms with E-state index < -0.39 is 0 Å². The summed E-state index contributed by atoms with van der Waals surface area (Å²) in [7, 11) is 0. The van der Waals surface area contributed by atoms with Crippen molar-refractivity contribution in [2.75, 3.05) is 0 Å². The van der Waals surface area contributed by atoms with E-state index in [-0.39, 0.29) is 0 Å². The molecule has 0 amide bonds. The van der Waals surface area contributed by atoms with E-state index in [9.17, 15) is 11.8 Å². The van der Waals surface area contributed by atoms with E-state index in [1.807, 2.05) is 40.9 Å². The molecule has 0 radical (unpaired) electrons. The van der Waals surface area contributed by atoms with E-state index in [0.29, 0.717) is 22.7 Å². The highest BCUT2D eigenvalue weighted by atomic mass is 32.1. The van der Waals surface area contributed by atoms with E-state index in [1.54, 1.807) is 0 Å². The molecule has 9 aromatic carbocycles. The molecular formula is C62H40N4S2. The summed E-state index contributed by atoms with van der Waals surface area (Å²) in [6.07, 6.45) is 6.09. The summed E-state index contributed by atoms with van der Waals surface area (Å²) < 4.78 is 9.64. The molecular weight excluding hydrogens is 865 g/mol. The lowest BCUT2D eigenvalue weighted by molar-refractivity contribution is 0.445. The molecule has 6 heteroatoms. The molecule has 0 N–H and O–H groups in total. The summed E-state index contributed by atoms with van der Waals surface area (Å²) in [5.41, 5.74) is 11.4. The zero-order valence-corrected chi connectivity index (χ0v) is 38.6. The minimum absolute atomic E-state index is 0.453. The second kappa shape index (κ2) is 15.3. The highest BCUT2D eigenvalue weighted by molar-refractivity contribution is 7.27. The Kier molecular flexibility index (Phi) is 8.80. The second-order valence-corrected chi connectivity index (χ2v) is 20.4. The normalized spacial score (nSPS) is 13.5. The van der Waals surface area contributed by atoms with E-state index in [0.717, 1.165) is 60.9 Å². The number of nitrogens with zero attached hydrogens (tertiary/aromatic N) is 4. The molecule has 4 aromatic heterocycles. The van der Waals surface area contributed by atoms with Gasteiger partial charge in [-0.1, -0.05) is 171 Å². The van der Waals surface area contributed by atoms with E-state index >= 15 is 0 Å². The summed E-state index contributed by atoms with van der Waals surface area (Å²) in [4.78, 5) is 4.65. The van der Waals surface area contributed by atoms with E-state index in [4.69, 9.17) is 0 Å². The predicted molar refractivity (Wildman–Crippen MR) is 289 cm³/mol. The topological polar surface area (TPSA) is 38.0 Å². The van der Waals surface area contributed by atoms with Crippen LogP contribution in [0.3, 0.4) is 0 Å². The Bertz CT molecular complexity index is 4190. The van der Waals surface area contributed by atoms with Crippen molar-refractivity contribution < 1.29 is 0 Å². The monoisotopic (exact) mass is 904 g/mol. The van der Waals surface area contributed by atoms with Crippen LogP contribution < -0.4 is 0 Å². The minimum Gasteiger partial charge on any atom is -0.316 e. The molecule has 1 aliphatic rings. The minimum atomic E-state index is 0.453. The van der Waals surface area contributed by atoms with Gasteiger partial charge in [-0.05, 0) is 59.7 Å². The highest BCUT2D eigenvalue weighted by Crippen LogP contribution is 2.55. The average molecular weight is 905 g/mol. The van der Waals surface area contributed by atoms with Gasteiger partial charge in [0.2, 0.25) is 5.69 Å². The Morgan fingerprint density at radius 3 is 1.62 bits per heavy atom. The van der Waals surface area contributed by atoms with Gasteiger partial charge in [0.25, 0.3) is 0 Å². The first-order valence-corrected chi connectivity index (χ1v) is 25.2. The van der Waals surface area contributed by atoms with Crippen molar-refractivity contribution in [1.29, 1.82) is 5.26 Å². The van der Waals surface area contributed by atoms with Crippen LogP contribution in [-0.2, 0) is 0 Å². The standard InChI is InChI=1S/C62H40N4S2/c1-64-56-53(38-20-7-3-8-21-38)48(36-63)57(65-49-28-14-11-26-47(49)55-40(27-17-29-50(55)65)37-18-5-2-6-19-37)54(39-22-9-4-10-23-39)60(56)66-58-43(32-34-45-41-24-12-15-30-51(41)67-61(45)58)44-33-35-46-42-25-13-16-31-52(42)68-62(46)59(44)66/h3-4,7-17,20-35,37H,2,5-6,18-19H2. The number of para-hydroxylation sites is 1. The third-order valence-electron chi connectivity index (χ3n) is 14.8. The van der Waals surface area contributed by atoms with E-state index in [2.05, 4.69) is 178 Å². The highest BCUT2D eigenvalue weighted by Gasteiger charge is 2.33. The van der Waals surface area contributed by atoms with Gasteiger partial charge >= 0.3 is 0 Å². The van der Waals surface area contributed by atoms with E-state index in [1.165, 1.54) is 88.8 Å². The Balaban J connectivity index is 1.28. The zero-order chi connectivity index (χ0) is 45.0. The largest absolute Gasteiger partial charge is 0.316 e. The van der Waals surface area contributed by atoms with Crippen LogP contribution in [0.25, 0.3) is 122 Å². The third-order valence-corrected chi connectivity index (χ3v) is 17.2. The lowest BCUT2D eigenvalue weighted by Gasteiger charge is -2.26. The Hall–Kier alpha value is -8.00. The molecule has 4 nitrogen and oxygen atoms in total. The smallest absolute Gasteiger partial charge is 0.220 e. The maximum absolute atomic E-state index is 12.0. The molecule has 0 saturated heterocycles. The number of thiophene rings is 2. The molecule has 0 unspecified atom stereocenters. The van der Waals surface area contributed by atoms with Gasteiger partial charge in [-0.3, -0.25) is 0 Å². The van der Waals surface area contributed by atoms with Crippen molar-refractivity contribution in [2.24, 2.45) is 0 Å². The summed E-state index contributed by atoms with van der Waals surface area (Å²) >= 11 is 3.63. The molecule has 1 fully saturated rings. The fourth-order valence-corrected chi connectivity index (χ4v) is 14.4. The predicted octanol–water partition coefficient (Wildman–Crippen LogP) is 18.4. The van der Waals surface area contributed by atoms with Gasteiger partial charge in [-0.25, -0.2) is 4.85 Å². The molecule has 0 atom stereocenters. The Morgan fingerprint density at radius 1 is 0.485 bits per heavy atom. The number of nitriles is 1. The van der Waals surface area contributed by atoms with Crippen molar-refractivity contribution in [3.05, 3.63) is 198 Å². The molecule has 4 heterocycles. The SMILES string of the molecule is [C-]#[N+]c1c(-c2ccccc2)c(C#N)c(-n2c3ccccc3c3c(C4CCCCC4)cccc32)c(-c2ccccc2)c1-n1c2c(ccc3c4ccccc4sc32)c2ccc3c4ccccc4sc3c21. The van der Waals surface area contributed by atoms with Crippen LogP contribution in [0.15, 0.2) is 176 Å². The third kappa shape index (κ3) is 5.51. The Labute approximate surface area is 400 Å². The number of hydrogen-bond acceptors (Lipinski definition) is 3. The number of rotatable bonds is 5. The van der Waals surface area contributed by atoms with Gasteiger partial charge < -0.3 is 9.13 Å². The van der Waals surface area contributed by atoms with Gasteiger partial charge in [0.15, 0.2) is 0 Å². The van der Waals surface area contributed by atoms with Crippen molar-refractivity contribution >= 4 is 112 Å². The van der Waals surface area contributed by atoms with Crippen LogP contribution in [0.1, 0.15) is 49.1 Å². The van der Waals surface area contributed by atoms with Gasteiger partial charge in [-0.15, -0.1) is 22.7 Å². The number of benzene rings is 9. The van der Waals surface area contributed by atoms with Crippen LogP contribution >= 0.6 is 22.7 Å². The number of hydrogen-bond donors (Lipinski definition) is 0. The molecule has 0 aliphatic heterocycles. The molecule has 0 bridgehead atoms. The number of aromatic nitrogens is 2. The molecule has 14 rings (SSSR count). The van der Waals surface area contributed by atoms with Crippen LogP contribution in [0.2, 0.25) is 0 Å². The van der Waals surface area contributed by atoms with Gasteiger partial charge in [0.1, 0.15) is 6.07 Å². The maximum Gasteiger partial charge on any atom is 0.220 e. The van der Waals surface area contributed by atoms with Crippen LogP contribution in [0, 0.1) is 17.9 Å². The number of fused-ring (bicyclic) bond motifs is 14. The first kappa shape index (κ1) is 39.2. The van der Waals surface area contributed by atoms with Crippen molar-refractivity contribution in [2.45, 2.75) is 38.0 Å². The molecule has 320 valence electrons. The fourth-order valence-electron chi connectivity index (χ4n) is 11.9. The molecule has 68 heavy (non-hydrogen) atoms. The lowest BCUT2D eigenvalue weighted by atomic mass is 9.82. The van der Waals surface area contributed by atoms with Crippen LogP contribution in [0.5, 0.6) is 0 Å². The van der Waals surface area contributed by atoms with Gasteiger partial charge in [0.05, 0.1) is 55.0 Å². The molecule has 1 aliphatic carbocycles. The summed E-state index contributed by atoms with van der Waals surface area (Å²) in [6, 6.07) is 65.8. The molecule has 13 aromatic rings. The first-order valence-electron chi connectivity index (χ1n) is 23.6. The first-order chi connectivity index (χ1) is 33.7. The average Bonchev–Trinajstić information content (AvgIpc) is 4.16. The zero-order valence-electron chi connectivity index (χ0n) is 37.0. The van der Waals surface area contributed by atoms with Crippen molar-refractivity contribution in [3.63, 3.8) is 0 Å². The fraction of sp³-hybridized carbons (Fsp3) is 0.0968. The Morgan fingerprint density at radius 2 is 1.01 bits per heavy atom. The second-order valence-electron chi connectivity index (χ2n) is 18.3. The molecule has 0 spiro atoms. The summed E-state index contributed by atoms with van der Waals surface area (Å²) in [5, 5.41) is 21.5. The summed E-state index contributed by atoms with van der Waals surface area (Å²) in [6.45, 7) is 9.48. The summed E-state index contributed by atoms with van der Waals surface area (Å²) in [5.74, 6) is 0.459. The van der Waals surface area contributed by atoms with Crippen molar-refractivity contribution in [3.8, 4) is 39.7 Å². The van der Waals surface area contributed by atoms with Crippen LogP contribution in [0.4, 0.5) is 5.69 Å².